The molecule has 104 valence electrons. The molecule has 0 atom stereocenters. The number of pyridine rings is 1. The first-order valence-electron chi connectivity index (χ1n) is 6.67. The van der Waals surface area contributed by atoms with E-state index in [1.165, 1.54) is 0 Å². The third-order valence-electron chi connectivity index (χ3n) is 3.60. The Hall–Kier alpha value is -2.40. The monoisotopic (exact) mass is 295 g/mol. The highest BCUT2D eigenvalue weighted by Gasteiger charge is 2.13. The summed E-state index contributed by atoms with van der Waals surface area (Å²) in [5.74, 6) is 0. The summed E-state index contributed by atoms with van der Waals surface area (Å²) < 4.78 is 0.947. The summed E-state index contributed by atoms with van der Waals surface area (Å²) in [5.41, 5.74) is 2.67. The normalized spacial score (nSPS) is 11.5. The van der Waals surface area contributed by atoms with Gasteiger partial charge in [0.05, 0.1) is 21.1 Å². The summed E-state index contributed by atoms with van der Waals surface area (Å²) in [6, 6.07) is 11.5. The average molecular weight is 295 g/mol. The van der Waals surface area contributed by atoms with Crippen LogP contribution in [0.2, 0.25) is 0 Å². The zero-order valence-electron chi connectivity index (χ0n) is 11.7. The maximum atomic E-state index is 12.8. The topological polar surface area (TPSA) is 49.0 Å². The summed E-state index contributed by atoms with van der Waals surface area (Å²) in [4.78, 5) is 22.7. The van der Waals surface area contributed by atoms with E-state index in [1.54, 1.807) is 11.3 Å². The highest BCUT2D eigenvalue weighted by molar-refractivity contribution is 7.23. The molecule has 0 amide bonds. The summed E-state index contributed by atoms with van der Waals surface area (Å²) >= 11 is 1.55. The Morgan fingerprint density at radius 3 is 2.71 bits per heavy atom. The van der Waals surface area contributed by atoms with Gasteiger partial charge in [0.15, 0.2) is 10.6 Å². The van der Waals surface area contributed by atoms with Gasteiger partial charge in [-0.25, -0.2) is 4.98 Å². The van der Waals surface area contributed by atoms with E-state index >= 15 is 0 Å². The molecule has 5 heteroatoms. The van der Waals surface area contributed by atoms with Crippen molar-refractivity contribution in [2.75, 3.05) is 19.0 Å². The van der Waals surface area contributed by atoms with Crippen molar-refractivity contribution in [3.63, 3.8) is 0 Å². The molecule has 0 aliphatic heterocycles. The summed E-state index contributed by atoms with van der Waals surface area (Å²) in [6.45, 7) is 0. The molecule has 0 unspecified atom stereocenters. The van der Waals surface area contributed by atoms with E-state index in [1.807, 2.05) is 55.4 Å². The first-order chi connectivity index (χ1) is 10.1. The summed E-state index contributed by atoms with van der Waals surface area (Å²) in [5, 5.41) is 2.36. The Kier molecular flexibility index (Phi) is 2.53. The van der Waals surface area contributed by atoms with Crippen LogP contribution >= 0.6 is 11.3 Å². The van der Waals surface area contributed by atoms with Gasteiger partial charge >= 0.3 is 0 Å². The molecule has 0 aliphatic rings. The quantitative estimate of drug-likeness (QED) is 0.548. The molecule has 2 heterocycles. The lowest BCUT2D eigenvalue weighted by molar-refractivity contribution is 1.11. The number of aromatic amines is 1. The number of hydrogen-bond donors (Lipinski definition) is 1. The number of aromatic nitrogens is 2. The van der Waals surface area contributed by atoms with Gasteiger partial charge in [0.2, 0.25) is 0 Å². The predicted octanol–water partition coefficient (Wildman–Crippen LogP) is 3.36. The summed E-state index contributed by atoms with van der Waals surface area (Å²) in [6.07, 6.45) is 0. The number of fused-ring (bicyclic) bond motifs is 4. The molecule has 4 aromatic rings. The van der Waals surface area contributed by atoms with Crippen LogP contribution in [0.4, 0.5) is 5.13 Å². The lowest BCUT2D eigenvalue weighted by atomic mass is 10.1. The number of H-pyrrole nitrogens is 1. The van der Waals surface area contributed by atoms with E-state index in [4.69, 9.17) is 0 Å². The van der Waals surface area contributed by atoms with Gasteiger partial charge < -0.3 is 9.88 Å². The zero-order chi connectivity index (χ0) is 14.6. The van der Waals surface area contributed by atoms with Gasteiger partial charge in [0, 0.05) is 25.0 Å². The van der Waals surface area contributed by atoms with Crippen molar-refractivity contribution in [2.45, 2.75) is 0 Å². The molecule has 2 aromatic carbocycles. The molecule has 0 saturated heterocycles. The SMILES string of the molecule is CN(C)c1nc2ccc3[nH]c4ccccc4c(=O)c3c2s1. The second-order valence-corrected chi connectivity index (χ2v) is 6.20. The Labute approximate surface area is 124 Å². The maximum Gasteiger partial charge on any atom is 0.198 e. The Bertz CT molecular complexity index is 1050. The molecule has 4 nitrogen and oxygen atoms in total. The second-order valence-electron chi connectivity index (χ2n) is 5.23. The fourth-order valence-corrected chi connectivity index (χ4v) is 3.60. The largest absolute Gasteiger partial charge is 0.354 e. The number of nitrogens with zero attached hydrogens (tertiary/aromatic N) is 2. The van der Waals surface area contributed by atoms with Crippen molar-refractivity contribution >= 4 is 48.5 Å². The van der Waals surface area contributed by atoms with Crippen LogP contribution < -0.4 is 10.3 Å². The van der Waals surface area contributed by atoms with Gasteiger partial charge in [0.25, 0.3) is 0 Å². The van der Waals surface area contributed by atoms with Crippen molar-refractivity contribution in [3.8, 4) is 0 Å². The van der Waals surface area contributed by atoms with E-state index in [-0.39, 0.29) is 5.43 Å². The molecule has 0 bridgehead atoms. The van der Waals surface area contributed by atoms with Gasteiger partial charge in [-0.3, -0.25) is 4.79 Å². The van der Waals surface area contributed by atoms with Gasteiger partial charge in [-0.1, -0.05) is 23.5 Å². The molecule has 0 spiro atoms. The minimum absolute atomic E-state index is 0.0684. The van der Waals surface area contributed by atoms with E-state index in [0.29, 0.717) is 0 Å². The van der Waals surface area contributed by atoms with Gasteiger partial charge in [-0.15, -0.1) is 0 Å². The maximum absolute atomic E-state index is 12.8. The lowest BCUT2D eigenvalue weighted by Gasteiger charge is -2.04. The number of anilines is 1. The molecule has 1 N–H and O–H groups in total. The van der Waals surface area contributed by atoms with Crippen molar-refractivity contribution < 1.29 is 0 Å². The Morgan fingerprint density at radius 1 is 1.10 bits per heavy atom. The molecular weight excluding hydrogens is 282 g/mol. The van der Waals surface area contributed by atoms with Crippen molar-refractivity contribution in [2.24, 2.45) is 0 Å². The first-order valence-corrected chi connectivity index (χ1v) is 7.48. The summed E-state index contributed by atoms with van der Waals surface area (Å²) in [7, 11) is 3.92. The number of nitrogens with one attached hydrogen (secondary N) is 1. The van der Waals surface area contributed by atoms with Crippen LogP contribution in [-0.4, -0.2) is 24.1 Å². The highest BCUT2D eigenvalue weighted by Crippen LogP contribution is 2.32. The van der Waals surface area contributed by atoms with Crippen LogP contribution in [0.25, 0.3) is 32.0 Å². The fourth-order valence-electron chi connectivity index (χ4n) is 2.57. The van der Waals surface area contributed by atoms with Crippen LogP contribution in [0.15, 0.2) is 41.2 Å². The number of hydrogen-bond acceptors (Lipinski definition) is 4. The van der Waals surface area contributed by atoms with Crippen molar-refractivity contribution in [3.05, 3.63) is 46.6 Å². The third kappa shape index (κ3) is 1.74. The van der Waals surface area contributed by atoms with Gasteiger partial charge in [-0.2, -0.15) is 0 Å². The lowest BCUT2D eigenvalue weighted by Crippen LogP contribution is -2.07. The minimum Gasteiger partial charge on any atom is -0.354 e. The fraction of sp³-hybridized carbons (Fsp3) is 0.125. The van der Waals surface area contributed by atoms with Gasteiger partial charge in [0.1, 0.15) is 0 Å². The van der Waals surface area contributed by atoms with Crippen LogP contribution in [0.3, 0.4) is 0 Å². The molecule has 4 rings (SSSR count). The van der Waals surface area contributed by atoms with E-state index in [2.05, 4.69) is 9.97 Å². The number of thiazole rings is 1. The molecule has 0 aliphatic carbocycles. The smallest absolute Gasteiger partial charge is 0.198 e. The first kappa shape index (κ1) is 12.3. The minimum atomic E-state index is 0.0684. The molecule has 0 fully saturated rings. The van der Waals surface area contributed by atoms with Crippen molar-refractivity contribution in [1.82, 2.24) is 9.97 Å². The van der Waals surface area contributed by atoms with Crippen LogP contribution in [0.5, 0.6) is 0 Å². The van der Waals surface area contributed by atoms with Crippen LogP contribution in [-0.2, 0) is 0 Å². The average Bonchev–Trinajstić information content (AvgIpc) is 2.91. The second kappa shape index (κ2) is 4.30. The van der Waals surface area contributed by atoms with E-state index < -0.39 is 0 Å². The zero-order valence-corrected chi connectivity index (χ0v) is 12.5. The molecule has 2 aromatic heterocycles. The number of benzene rings is 2. The molecule has 0 radical (unpaired) electrons. The third-order valence-corrected chi connectivity index (χ3v) is 4.85. The Morgan fingerprint density at radius 2 is 1.90 bits per heavy atom. The molecule has 21 heavy (non-hydrogen) atoms. The standard InChI is InChI=1S/C16H13N3OS/c1-19(2)16-18-12-8-7-11-13(15(12)21-16)14(20)9-5-3-4-6-10(9)17-11/h3-8H,1-2H3,(H,17,20). The van der Waals surface area contributed by atoms with Crippen LogP contribution in [0.1, 0.15) is 0 Å². The van der Waals surface area contributed by atoms with Gasteiger partial charge in [-0.05, 0) is 24.3 Å². The highest BCUT2D eigenvalue weighted by atomic mass is 32.1. The molecular formula is C16H13N3OS. The number of rotatable bonds is 1. The van der Waals surface area contributed by atoms with Crippen molar-refractivity contribution in [1.29, 1.82) is 0 Å². The number of para-hydroxylation sites is 1. The van der Waals surface area contributed by atoms with E-state index in [0.717, 1.165) is 37.2 Å². The molecule has 0 saturated carbocycles. The van der Waals surface area contributed by atoms with E-state index in [9.17, 15) is 4.79 Å². The Balaban J connectivity index is 2.24. The predicted molar refractivity (Wildman–Crippen MR) is 89.6 cm³/mol. The van der Waals surface area contributed by atoms with Crippen LogP contribution in [0, 0.1) is 0 Å².